The van der Waals surface area contributed by atoms with Crippen LogP contribution in [0, 0.1) is 0 Å². The number of anilines is 2. The number of carbonyl (C=O) groups is 1. The molecule has 0 radical (unpaired) electrons. The van der Waals surface area contributed by atoms with Gasteiger partial charge in [0.1, 0.15) is 0 Å². The van der Waals surface area contributed by atoms with E-state index in [0.29, 0.717) is 17.1 Å². The summed E-state index contributed by atoms with van der Waals surface area (Å²) in [6, 6.07) is 20.5. The maximum atomic E-state index is 12.7. The molecule has 0 aliphatic rings. The molecule has 4 rings (SSSR count). The van der Waals surface area contributed by atoms with Crippen LogP contribution >= 0.6 is 22.9 Å². The maximum absolute atomic E-state index is 12.7. The quantitative estimate of drug-likeness (QED) is 0.381. The molecule has 0 aliphatic carbocycles. The molecule has 4 aromatic rings. The molecule has 31 heavy (non-hydrogen) atoms. The Bertz CT molecular complexity index is 1320. The standard InChI is InChI=1S/C22H18ClN3O3S2/c23-17-8-1-2-9-18(17)26-31(28,29)16-7-5-6-15(14-16)24-21(27)12-13-22-25-19-10-3-4-11-20(19)30-22/h1-11,14,26H,12-13H2,(H,24,27). The predicted molar refractivity (Wildman–Crippen MR) is 125 cm³/mol. The van der Waals surface area contributed by atoms with Gasteiger partial charge in [-0.15, -0.1) is 11.3 Å². The average Bonchev–Trinajstić information content (AvgIpc) is 3.17. The number of para-hydroxylation sites is 2. The highest BCUT2D eigenvalue weighted by molar-refractivity contribution is 7.92. The molecule has 0 bridgehead atoms. The Hall–Kier alpha value is -2.94. The fourth-order valence-corrected chi connectivity index (χ4v) is 5.29. The van der Waals surface area contributed by atoms with E-state index >= 15 is 0 Å². The van der Waals surface area contributed by atoms with E-state index in [2.05, 4.69) is 15.0 Å². The SMILES string of the molecule is O=C(CCc1nc2ccccc2s1)Nc1cccc(S(=O)(=O)Nc2ccccc2Cl)c1. The number of nitrogens with one attached hydrogen (secondary N) is 2. The summed E-state index contributed by atoms with van der Waals surface area (Å²) in [4.78, 5) is 16.9. The van der Waals surface area contributed by atoms with E-state index in [1.54, 1.807) is 47.7 Å². The summed E-state index contributed by atoms with van der Waals surface area (Å²) in [5.41, 5.74) is 1.61. The van der Waals surface area contributed by atoms with Crippen LogP contribution in [0.25, 0.3) is 10.2 Å². The van der Waals surface area contributed by atoms with E-state index in [0.717, 1.165) is 15.2 Å². The Labute approximate surface area is 189 Å². The lowest BCUT2D eigenvalue weighted by Crippen LogP contribution is -2.15. The summed E-state index contributed by atoms with van der Waals surface area (Å²) >= 11 is 7.60. The number of fused-ring (bicyclic) bond motifs is 1. The van der Waals surface area contributed by atoms with Gasteiger partial charge in [-0.1, -0.05) is 41.9 Å². The zero-order valence-electron chi connectivity index (χ0n) is 16.2. The second-order valence-electron chi connectivity index (χ2n) is 6.74. The van der Waals surface area contributed by atoms with Gasteiger partial charge in [-0.05, 0) is 42.5 Å². The van der Waals surface area contributed by atoms with Crippen molar-refractivity contribution in [2.24, 2.45) is 0 Å². The van der Waals surface area contributed by atoms with E-state index in [-0.39, 0.29) is 22.9 Å². The minimum atomic E-state index is -3.86. The van der Waals surface area contributed by atoms with Gasteiger partial charge >= 0.3 is 0 Å². The maximum Gasteiger partial charge on any atom is 0.262 e. The number of nitrogens with zero attached hydrogens (tertiary/aromatic N) is 1. The van der Waals surface area contributed by atoms with Gasteiger partial charge in [0.15, 0.2) is 0 Å². The summed E-state index contributed by atoms with van der Waals surface area (Å²) in [6.07, 6.45) is 0.756. The van der Waals surface area contributed by atoms with Gasteiger partial charge in [-0.2, -0.15) is 0 Å². The third-order valence-corrected chi connectivity index (χ3v) is 7.24. The van der Waals surface area contributed by atoms with Gasteiger partial charge in [-0.25, -0.2) is 13.4 Å². The van der Waals surface area contributed by atoms with Crippen LogP contribution < -0.4 is 10.0 Å². The summed E-state index contributed by atoms with van der Waals surface area (Å²) in [6.45, 7) is 0. The number of carbonyl (C=O) groups excluding carboxylic acids is 1. The predicted octanol–water partition coefficient (Wildman–Crippen LogP) is 5.32. The third kappa shape index (κ3) is 5.22. The number of aromatic nitrogens is 1. The largest absolute Gasteiger partial charge is 0.326 e. The molecule has 1 aromatic heterocycles. The summed E-state index contributed by atoms with van der Waals surface area (Å²) in [5.74, 6) is -0.215. The number of hydrogen-bond donors (Lipinski definition) is 2. The molecule has 0 saturated heterocycles. The van der Waals surface area contributed by atoms with E-state index in [1.807, 2.05) is 24.3 Å². The molecular weight excluding hydrogens is 454 g/mol. The van der Waals surface area contributed by atoms with E-state index in [1.165, 1.54) is 12.1 Å². The number of sulfonamides is 1. The van der Waals surface area contributed by atoms with Crippen LogP contribution in [-0.2, 0) is 21.2 Å². The minimum Gasteiger partial charge on any atom is -0.326 e. The highest BCUT2D eigenvalue weighted by Gasteiger charge is 2.16. The Morgan fingerprint density at radius 1 is 1.00 bits per heavy atom. The molecule has 158 valence electrons. The van der Waals surface area contributed by atoms with Crippen molar-refractivity contribution in [3.63, 3.8) is 0 Å². The molecule has 0 saturated carbocycles. The lowest BCUT2D eigenvalue weighted by Gasteiger charge is -2.11. The summed E-state index contributed by atoms with van der Waals surface area (Å²) in [5, 5.41) is 3.94. The fraction of sp³-hybridized carbons (Fsp3) is 0.0909. The van der Waals surface area contributed by atoms with Crippen LogP contribution in [-0.4, -0.2) is 19.3 Å². The van der Waals surface area contributed by atoms with Crippen LogP contribution in [0.3, 0.4) is 0 Å². The average molecular weight is 472 g/mol. The number of rotatable bonds is 7. The zero-order valence-corrected chi connectivity index (χ0v) is 18.6. The number of amides is 1. The number of benzene rings is 3. The van der Waals surface area contributed by atoms with Gasteiger partial charge < -0.3 is 5.32 Å². The zero-order chi connectivity index (χ0) is 21.8. The van der Waals surface area contributed by atoms with Crippen LogP contribution in [0.5, 0.6) is 0 Å². The van der Waals surface area contributed by atoms with Gasteiger partial charge in [0, 0.05) is 18.5 Å². The van der Waals surface area contributed by atoms with Crippen LogP contribution in [0.4, 0.5) is 11.4 Å². The molecule has 2 N–H and O–H groups in total. The Morgan fingerprint density at radius 3 is 2.58 bits per heavy atom. The third-order valence-electron chi connectivity index (χ3n) is 4.45. The van der Waals surface area contributed by atoms with E-state index in [4.69, 9.17) is 11.6 Å². The molecule has 1 amide bonds. The minimum absolute atomic E-state index is 0.0244. The molecule has 3 aromatic carbocycles. The van der Waals surface area contributed by atoms with Crippen molar-refractivity contribution in [2.75, 3.05) is 10.0 Å². The van der Waals surface area contributed by atoms with Crippen molar-refractivity contribution < 1.29 is 13.2 Å². The molecule has 1 heterocycles. The molecule has 0 unspecified atom stereocenters. The number of thiazole rings is 1. The first-order valence-corrected chi connectivity index (χ1v) is 12.1. The summed E-state index contributed by atoms with van der Waals surface area (Å²) < 4.78 is 28.9. The molecule has 0 atom stereocenters. The summed E-state index contributed by atoms with van der Waals surface area (Å²) in [7, 11) is -3.86. The lowest BCUT2D eigenvalue weighted by atomic mass is 10.2. The molecule has 9 heteroatoms. The monoisotopic (exact) mass is 471 g/mol. The number of halogens is 1. The number of aryl methyl sites for hydroxylation is 1. The van der Waals surface area contributed by atoms with Crippen LogP contribution in [0.15, 0.2) is 77.7 Å². The Kier molecular flexibility index (Phi) is 6.22. The van der Waals surface area contributed by atoms with Crippen molar-refractivity contribution in [2.45, 2.75) is 17.7 Å². The topological polar surface area (TPSA) is 88.2 Å². The van der Waals surface area contributed by atoms with Crippen molar-refractivity contribution in [3.05, 3.63) is 82.8 Å². The molecule has 0 spiro atoms. The first kappa shape index (κ1) is 21.3. The first-order chi connectivity index (χ1) is 14.9. The normalized spacial score (nSPS) is 11.4. The van der Waals surface area contributed by atoms with Gasteiger partial charge in [0.25, 0.3) is 10.0 Å². The molecule has 0 fully saturated rings. The van der Waals surface area contributed by atoms with Gasteiger partial charge in [0.2, 0.25) is 5.91 Å². The van der Waals surface area contributed by atoms with Gasteiger partial charge in [-0.3, -0.25) is 9.52 Å². The first-order valence-electron chi connectivity index (χ1n) is 9.42. The highest BCUT2D eigenvalue weighted by atomic mass is 35.5. The van der Waals surface area contributed by atoms with E-state index < -0.39 is 10.0 Å². The lowest BCUT2D eigenvalue weighted by molar-refractivity contribution is -0.116. The van der Waals surface area contributed by atoms with E-state index in [9.17, 15) is 13.2 Å². The van der Waals surface area contributed by atoms with Gasteiger partial charge in [0.05, 0.1) is 30.8 Å². The van der Waals surface area contributed by atoms with Crippen molar-refractivity contribution >= 4 is 60.5 Å². The second-order valence-corrected chi connectivity index (χ2v) is 9.94. The molecule has 6 nitrogen and oxygen atoms in total. The molecular formula is C22H18ClN3O3S2. The Balaban J connectivity index is 1.41. The Morgan fingerprint density at radius 2 is 1.77 bits per heavy atom. The fourth-order valence-electron chi connectivity index (χ4n) is 2.96. The molecule has 0 aliphatic heterocycles. The van der Waals surface area contributed by atoms with Crippen molar-refractivity contribution in [1.82, 2.24) is 4.98 Å². The smallest absolute Gasteiger partial charge is 0.262 e. The number of hydrogen-bond acceptors (Lipinski definition) is 5. The van der Waals surface area contributed by atoms with Crippen LogP contribution in [0.1, 0.15) is 11.4 Å². The van der Waals surface area contributed by atoms with Crippen LogP contribution in [0.2, 0.25) is 5.02 Å². The second kappa shape index (κ2) is 9.05. The van der Waals surface area contributed by atoms with Crippen molar-refractivity contribution in [1.29, 1.82) is 0 Å². The van der Waals surface area contributed by atoms with Crippen molar-refractivity contribution in [3.8, 4) is 0 Å². The highest BCUT2D eigenvalue weighted by Crippen LogP contribution is 2.25.